The minimum atomic E-state index is 0.593. The van der Waals surface area contributed by atoms with Gasteiger partial charge in [0.05, 0.1) is 5.69 Å². The van der Waals surface area contributed by atoms with Gasteiger partial charge in [0.2, 0.25) is 0 Å². The van der Waals surface area contributed by atoms with Gasteiger partial charge in [-0.05, 0) is 58.0 Å². The summed E-state index contributed by atoms with van der Waals surface area (Å²) < 4.78 is 0. The summed E-state index contributed by atoms with van der Waals surface area (Å²) in [5, 5.41) is 12.2. The van der Waals surface area contributed by atoms with Crippen LogP contribution in [0.4, 0.5) is 5.82 Å². The molecule has 1 aliphatic carbocycles. The largest absolute Gasteiger partial charge is 0.355 e. The van der Waals surface area contributed by atoms with E-state index in [0.717, 1.165) is 24.1 Å². The van der Waals surface area contributed by atoms with Gasteiger partial charge in [0.1, 0.15) is 0 Å². The Bertz CT molecular complexity index is 420. The summed E-state index contributed by atoms with van der Waals surface area (Å²) in [5.74, 6) is 0.995. The van der Waals surface area contributed by atoms with Gasteiger partial charge < -0.3 is 15.1 Å². The number of nitrogens with one attached hydrogen (secondary N) is 1. The zero-order valence-corrected chi connectivity index (χ0v) is 12.5. The average molecular weight is 275 g/mol. The van der Waals surface area contributed by atoms with E-state index in [1.165, 1.54) is 38.8 Å². The Balaban J connectivity index is 1.55. The van der Waals surface area contributed by atoms with Crippen LogP contribution in [-0.4, -0.2) is 54.4 Å². The Morgan fingerprint density at radius 3 is 2.55 bits per heavy atom. The van der Waals surface area contributed by atoms with Crippen LogP contribution in [0.3, 0.4) is 0 Å². The summed E-state index contributed by atoms with van der Waals surface area (Å²) in [7, 11) is 4.33. The van der Waals surface area contributed by atoms with Gasteiger partial charge >= 0.3 is 0 Å². The Morgan fingerprint density at radius 1 is 1.20 bits per heavy atom. The van der Waals surface area contributed by atoms with Gasteiger partial charge in [-0.2, -0.15) is 5.10 Å². The predicted octanol–water partition coefficient (Wildman–Crippen LogP) is 1.26. The summed E-state index contributed by atoms with van der Waals surface area (Å²) in [6.07, 6.45) is 5.04. The van der Waals surface area contributed by atoms with Crippen LogP contribution in [0.5, 0.6) is 0 Å². The van der Waals surface area contributed by atoms with Gasteiger partial charge in [-0.25, -0.2) is 0 Å². The van der Waals surface area contributed by atoms with E-state index in [1.807, 2.05) is 0 Å². The molecule has 3 rings (SSSR count). The number of anilines is 1. The molecule has 20 heavy (non-hydrogen) atoms. The van der Waals surface area contributed by atoms with Crippen LogP contribution >= 0.6 is 0 Å². The minimum absolute atomic E-state index is 0.593. The van der Waals surface area contributed by atoms with E-state index in [9.17, 15) is 0 Å². The highest BCUT2D eigenvalue weighted by Crippen LogP contribution is 2.20. The second-order valence-corrected chi connectivity index (χ2v) is 6.18. The molecule has 5 nitrogen and oxygen atoms in total. The number of rotatable bonds is 5. The molecular weight excluding hydrogens is 250 g/mol. The summed E-state index contributed by atoms with van der Waals surface area (Å²) in [5.41, 5.74) is 1.04. The molecule has 2 fully saturated rings. The minimum Gasteiger partial charge on any atom is -0.355 e. The highest BCUT2D eigenvalue weighted by atomic mass is 15.3. The van der Waals surface area contributed by atoms with Crippen molar-refractivity contribution in [2.24, 2.45) is 0 Å². The van der Waals surface area contributed by atoms with Gasteiger partial charge in [0.15, 0.2) is 5.82 Å². The number of nitrogens with zero attached hydrogens (tertiary/aromatic N) is 4. The monoisotopic (exact) mass is 275 g/mol. The first-order chi connectivity index (χ1) is 9.72. The molecule has 0 amide bonds. The lowest BCUT2D eigenvalue weighted by molar-refractivity contribution is 0.252. The van der Waals surface area contributed by atoms with Crippen molar-refractivity contribution in [1.82, 2.24) is 20.4 Å². The first-order valence-electron chi connectivity index (χ1n) is 7.70. The highest BCUT2D eigenvalue weighted by Gasteiger charge is 2.22. The second-order valence-electron chi connectivity index (χ2n) is 6.18. The van der Waals surface area contributed by atoms with Crippen LogP contribution in [0.1, 0.15) is 31.4 Å². The Kier molecular flexibility index (Phi) is 4.17. The quantitative estimate of drug-likeness (QED) is 0.876. The fourth-order valence-corrected chi connectivity index (χ4v) is 2.74. The van der Waals surface area contributed by atoms with E-state index in [0.29, 0.717) is 6.04 Å². The fraction of sp³-hybridized carbons (Fsp3) is 0.733. The van der Waals surface area contributed by atoms with Crippen molar-refractivity contribution < 1.29 is 0 Å². The van der Waals surface area contributed by atoms with E-state index < -0.39 is 0 Å². The number of hydrogen-bond acceptors (Lipinski definition) is 5. The summed E-state index contributed by atoms with van der Waals surface area (Å²) in [6, 6.07) is 5.52. The number of piperidine rings is 1. The molecule has 0 unspecified atom stereocenters. The van der Waals surface area contributed by atoms with Crippen LogP contribution in [0.25, 0.3) is 0 Å². The molecule has 0 atom stereocenters. The van der Waals surface area contributed by atoms with Crippen molar-refractivity contribution in [1.29, 1.82) is 0 Å². The first kappa shape index (κ1) is 13.8. The molecule has 1 aromatic heterocycles. The Labute approximate surface area is 121 Å². The maximum Gasteiger partial charge on any atom is 0.151 e. The van der Waals surface area contributed by atoms with Crippen molar-refractivity contribution in [2.75, 3.05) is 32.1 Å². The molecule has 1 N–H and O–H groups in total. The van der Waals surface area contributed by atoms with Crippen molar-refractivity contribution in [3.05, 3.63) is 17.8 Å². The molecule has 2 aliphatic rings. The van der Waals surface area contributed by atoms with Gasteiger partial charge in [0, 0.05) is 25.7 Å². The number of likely N-dealkylation sites (tertiary alicyclic amines) is 1. The van der Waals surface area contributed by atoms with Gasteiger partial charge in [-0.15, -0.1) is 5.10 Å². The molecule has 0 spiro atoms. The van der Waals surface area contributed by atoms with Crippen LogP contribution in [0.15, 0.2) is 12.1 Å². The summed E-state index contributed by atoms with van der Waals surface area (Å²) in [4.78, 5) is 4.68. The second kappa shape index (κ2) is 6.06. The zero-order chi connectivity index (χ0) is 13.9. The molecule has 2 heterocycles. The van der Waals surface area contributed by atoms with Gasteiger partial charge in [0.25, 0.3) is 0 Å². The van der Waals surface area contributed by atoms with Crippen molar-refractivity contribution >= 4 is 5.82 Å². The molecule has 5 heteroatoms. The van der Waals surface area contributed by atoms with Crippen LogP contribution in [-0.2, 0) is 6.54 Å². The molecule has 0 bridgehead atoms. The van der Waals surface area contributed by atoms with Crippen LogP contribution in [0.2, 0.25) is 0 Å². The highest BCUT2D eigenvalue weighted by molar-refractivity contribution is 5.37. The zero-order valence-electron chi connectivity index (χ0n) is 12.5. The van der Waals surface area contributed by atoms with Gasteiger partial charge in [-0.3, -0.25) is 0 Å². The summed E-state index contributed by atoms with van der Waals surface area (Å²) >= 11 is 0. The average Bonchev–Trinajstić information content (AvgIpc) is 3.30. The maximum absolute atomic E-state index is 4.39. The van der Waals surface area contributed by atoms with E-state index >= 15 is 0 Å². The molecule has 110 valence electrons. The number of hydrogen-bond donors (Lipinski definition) is 1. The fourth-order valence-electron chi connectivity index (χ4n) is 2.74. The molecule has 1 aliphatic heterocycles. The smallest absolute Gasteiger partial charge is 0.151 e. The van der Waals surface area contributed by atoms with Crippen molar-refractivity contribution in [2.45, 2.75) is 44.3 Å². The van der Waals surface area contributed by atoms with E-state index in [2.05, 4.69) is 51.5 Å². The molecule has 0 radical (unpaired) electrons. The van der Waals surface area contributed by atoms with E-state index in [-0.39, 0.29) is 0 Å². The normalized spacial score (nSPS) is 21.1. The lowest BCUT2D eigenvalue weighted by atomic mass is 10.0. The standard InChI is InChI=1S/C15H25N5/c1-19-9-7-14(8-10-19)20(2)15-6-5-13(17-18-15)11-16-12-3-4-12/h5-6,12,14,16H,3-4,7-11H2,1-2H3. The van der Waals surface area contributed by atoms with E-state index in [1.54, 1.807) is 0 Å². The first-order valence-corrected chi connectivity index (χ1v) is 7.70. The molecule has 1 aromatic rings. The topological polar surface area (TPSA) is 44.3 Å². The molecular formula is C15H25N5. The number of aromatic nitrogens is 2. The maximum atomic E-state index is 4.39. The SMILES string of the molecule is CN1CCC(N(C)c2ccc(CNC3CC3)nn2)CC1. The Morgan fingerprint density at radius 2 is 1.95 bits per heavy atom. The lowest BCUT2D eigenvalue weighted by Gasteiger charge is -2.35. The third-order valence-electron chi connectivity index (χ3n) is 4.45. The van der Waals surface area contributed by atoms with Crippen LogP contribution < -0.4 is 10.2 Å². The molecule has 0 aromatic carbocycles. The Hall–Kier alpha value is -1.20. The van der Waals surface area contributed by atoms with Gasteiger partial charge in [-0.1, -0.05) is 0 Å². The van der Waals surface area contributed by atoms with Crippen LogP contribution in [0, 0.1) is 0 Å². The van der Waals surface area contributed by atoms with E-state index in [4.69, 9.17) is 0 Å². The van der Waals surface area contributed by atoms with Crippen molar-refractivity contribution in [3.8, 4) is 0 Å². The lowest BCUT2D eigenvalue weighted by Crippen LogP contribution is -2.42. The summed E-state index contributed by atoms with van der Waals surface area (Å²) in [6.45, 7) is 3.19. The molecule has 1 saturated carbocycles. The molecule has 1 saturated heterocycles. The predicted molar refractivity (Wildman–Crippen MR) is 80.8 cm³/mol. The van der Waals surface area contributed by atoms with Crippen molar-refractivity contribution in [3.63, 3.8) is 0 Å². The third kappa shape index (κ3) is 3.46. The third-order valence-corrected chi connectivity index (χ3v) is 4.45.